The molecule has 1 atom stereocenters. The van der Waals surface area contributed by atoms with Gasteiger partial charge in [-0.1, -0.05) is 24.3 Å². The molecular formula is C23H28F2N2O2S. The van der Waals surface area contributed by atoms with Gasteiger partial charge >= 0.3 is 0 Å². The number of nitrogens with zero attached hydrogens (tertiary/aromatic N) is 1. The second-order valence-corrected chi connectivity index (χ2v) is 9.17. The van der Waals surface area contributed by atoms with E-state index in [9.17, 15) is 18.4 Å². The van der Waals surface area contributed by atoms with Crippen LogP contribution in [0.3, 0.4) is 0 Å². The van der Waals surface area contributed by atoms with Crippen LogP contribution in [0.5, 0.6) is 0 Å². The first kappa shape index (κ1) is 23.9. The first-order valence-corrected chi connectivity index (χ1v) is 10.9. The average molecular weight is 435 g/mol. The first-order chi connectivity index (χ1) is 14.0. The number of nitrogens with one attached hydrogen (secondary N) is 1. The van der Waals surface area contributed by atoms with Gasteiger partial charge in [0.15, 0.2) is 0 Å². The van der Waals surface area contributed by atoms with Crippen molar-refractivity contribution in [1.82, 2.24) is 10.2 Å². The highest BCUT2D eigenvalue weighted by Crippen LogP contribution is 2.17. The van der Waals surface area contributed by atoms with Crippen LogP contribution in [0.4, 0.5) is 8.78 Å². The van der Waals surface area contributed by atoms with Gasteiger partial charge in [-0.3, -0.25) is 9.59 Å². The van der Waals surface area contributed by atoms with Crippen LogP contribution in [0.15, 0.2) is 48.5 Å². The Morgan fingerprint density at radius 2 is 1.47 bits per heavy atom. The molecule has 30 heavy (non-hydrogen) atoms. The second kappa shape index (κ2) is 10.6. The summed E-state index contributed by atoms with van der Waals surface area (Å²) >= 11 is 1.40. The molecule has 0 aromatic heterocycles. The van der Waals surface area contributed by atoms with Gasteiger partial charge in [-0.25, -0.2) is 8.78 Å². The molecular weight excluding hydrogens is 406 g/mol. The summed E-state index contributed by atoms with van der Waals surface area (Å²) in [5.41, 5.74) is 1.23. The van der Waals surface area contributed by atoms with Crippen molar-refractivity contribution in [2.45, 2.75) is 51.6 Å². The fraction of sp³-hybridized carbons (Fsp3) is 0.391. The molecule has 0 bridgehead atoms. The Morgan fingerprint density at radius 3 is 1.97 bits per heavy atom. The summed E-state index contributed by atoms with van der Waals surface area (Å²) in [6.07, 6.45) is 0. The number of carbonyl (C=O) groups excluding carboxylic acids is 2. The molecule has 0 saturated carbocycles. The predicted octanol–water partition coefficient (Wildman–Crippen LogP) is 4.53. The zero-order chi connectivity index (χ0) is 22.3. The van der Waals surface area contributed by atoms with Crippen LogP contribution in [-0.4, -0.2) is 34.0 Å². The molecule has 0 aliphatic heterocycles. The number of amides is 2. The lowest BCUT2D eigenvalue weighted by atomic mass is 10.1. The molecule has 0 fully saturated rings. The lowest BCUT2D eigenvalue weighted by molar-refractivity contribution is -0.139. The van der Waals surface area contributed by atoms with Crippen LogP contribution in [0.1, 0.15) is 38.8 Å². The normalized spacial score (nSPS) is 12.3. The Hall–Kier alpha value is -2.41. The first-order valence-electron chi connectivity index (χ1n) is 9.73. The van der Waals surface area contributed by atoms with Crippen molar-refractivity contribution in [3.05, 3.63) is 71.3 Å². The van der Waals surface area contributed by atoms with Crippen LogP contribution >= 0.6 is 11.8 Å². The third-order valence-corrected chi connectivity index (χ3v) is 5.33. The maximum Gasteiger partial charge on any atom is 0.242 e. The summed E-state index contributed by atoms with van der Waals surface area (Å²) in [6, 6.07) is 11.3. The summed E-state index contributed by atoms with van der Waals surface area (Å²) in [5, 5.41) is 2.90. The topological polar surface area (TPSA) is 49.4 Å². The molecule has 0 radical (unpaired) electrons. The maximum atomic E-state index is 13.2. The van der Waals surface area contributed by atoms with E-state index in [0.717, 1.165) is 11.1 Å². The third-order valence-electron chi connectivity index (χ3n) is 4.34. The number of hydrogen-bond acceptors (Lipinski definition) is 3. The Balaban J connectivity index is 2.08. The molecule has 0 spiro atoms. The van der Waals surface area contributed by atoms with Gasteiger partial charge in [0.25, 0.3) is 0 Å². The van der Waals surface area contributed by atoms with E-state index in [1.165, 1.54) is 40.9 Å². The van der Waals surface area contributed by atoms with Gasteiger partial charge in [-0.2, -0.15) is 0 Å². The van der Waals surface area contributed by atoms with Gasteiger partial charge < -0.3 is 10.2 Å². The van der Waals surface area contributed by atoms with E-state index in [1.54, 1.807) is 31.2 Å². The van der Waals surface area contributed by atoms with E-state index in [2.05, 4.69) is 5.32 Å². The number of thioether (sulfide) groups is 1. The van der Waals surface area contributed by atoms with Gasteiger partial charge in [-0.15, -0.1) is 11.8 Å². The Morgan fingerprint density at radius 1 is 0.967 bits per heavy atom. The second-order valence-electron chi connectivity index (χ2n) is 8.18. The highest BCUT2D eigenvalue weighted by Gasteiger charge is 2.28. The molecule has 2 aromatic carbocycles. The minimum absolute atomic E-state index is 0.172. The number of hydrogen-bond donors (Lipinski definition) is 1. The van der Waals surface area contributed by atoms with Crippen LogP contribution in [0.2, 0.25) is 0 Å². The summed E-state index contributed by atoms with van der Waals surface area (Å²) in [5.74, 6) is -0.372. The Labute approximate surface area is 181 Å². The smallest absolute Gasteiger partial charge is 0.242 e. The van der Waals surface area contributed by atoms with Crippen LogP contribution in [0.25, 0.3) is 0 Å². The van der Waals surface area contributed by atoms with E-state index in [0.29, 0.717) is 5.75 Å². The van der Waals surface area contributed by atoms with Crippen molar-refractivity contribution in [2.75, 3.05) is 5.75 Å². The molecule has 0 heterocycles. The third kappa shape index (κ3) is 7.78. The minimum Gasteiger partial charge on any atom is -0.350 e. The van der Waals surface area contributed by atoms with E-state index >= 15 is 0 Å². The Kier molecular flexibility index (Phi) is 8.41. The highest BCUT2D eigenvalue weighted by atomic mass is 32.2. The van der Waals surface area contributed by atoms with Crippen molar-refractivity contribution in [2.24, 2.45) is 0 Å². The fourth-order valence-corrected chi connectivity index (χ4v) is 3.63. The fourth-order valence-electron chi connectivity index (χ4n) is 2.76. The van der Waals surface area contributed by atoms with Gasteiger partial charge in [0, 0.05) is 17.8 Å². The van der Waals surface area contributed by atoms with Crippen molar-refractivity contribution >= 4 is 23.6 Å². The molecule has 7 heteroatoms. The lowest BCUT2D eigenvalue weighted by Crippen LogP contribution is -2.52. The van der Waals surface area contributed by atoms with Gasteiger partial charge in [-0.05, 0) is 63.1 Å². The number of benzene rings is 2. The molecule has 0 saturated heterocycles. The van der Waals surface area contributed by atoms with Crippen molar-refractivity contribution in [3.63, 3.8) is 0 Å². The van der Waals surface area contributed by atoms with E-state index in [1.807, 2.05) is 20.8 Å². The SMILES string of the molecule is CC(C(=O)NC(C)(C)C)N(Cc1ccc(F)cc1)C(=O)CSCc1ccc(F)cc1. The molecule has 0 aliphatic rings. The zero-order valence-electron chi connectivity index (χ0n) is 17.7. The van der Waals surface area contributed by atoms with Crippen LogP contribution < -0.4 is 5.32 Å². The average Bonchev–Trinajstić information content (AvgIpc) is 2.67. The maximum absolute atomic E-state index is 13.2. The quantitative estimate of drug-likeness (QED) is 0.664. The van der Waals surface area contributed by atoms with E-state index < -0.39 is 11.6 Å². The number of carbonyl (C=O) groups is 2. The van der Waals surface area contributed by atoms with Crippen molar-refractivity contribution in [1.29, 1.82) is 0 Å². The number of halogens is 2. The predicted molar refractivity (Wildman–Crippen MR) is 117 cm³/mol. The van der Waals surface area contributed by atoms with E-state index in [-0.39, 0.29) is 35.7 Å². The standard InChI is InChI=1S/C23H28F2N2O2S/c1-16(22(29)26-23(2,3)4)27(13-17-5-9-19(24)10-6-17)21(28)15-30-14-18-7-11-20(25)12-8-18/h5-12,16H,13-15H2,1-4H3,(H,26,29). The lowest BCUT2D eigenvalue weighted by Gasteiger charge is -2.31. The van der Waals surface area contributed by atoms with Gasteiger partial charge in [0.1, 0.15) is 17.7 Å². The van der Waals surface area contributed by atoms with Crippen LogP contribution in [-0.2, 0) is 21.9 Å². The van der Waals surface area contributed by atoms with E-state index in [4.69, 9.17) is 0 Å². The van der Waals surface area contributed by atoms with Gasteiger partial charge in [0.05, 0.1) is 5.75 Å². The van der Waals surface area contributed by atoms with Crippen molar-refractivity contribution < 1.29 is 18.4 Å². The molecule has 2 amide bonds. The van der Waals surface area contributed by atoms with Crippen LogP contribution in [0, 0.1) is 11.6 Å². The largest absolute Gasteiger partial charge is 0.350 e. The summed E-state index contributed by atoms with van der Waals surface area (Å²) in [4.78, 5) is 27.1. The zero-order valence-corrected chi connectivity index (χ0v) is 18.6. The molecule has 2 aromatic rings. The minimum atomic E-state index is -0.687. The molecule has 162 valence electrons. The summed E-state index contributed by atoms with van der Waals surface area (Å²) < 4.78 is 26.3. The number of rotatable bonds is 8. The molecule has 0 aliphatic carbocycles. The van der Waals surface area contributed by atoms with Crippen molar-refractivity contribution in [3.8, 4) is 0 Å². The molecule has 4 nitrogen and oxygen atoms in total. The molecule has 1 N–H and O–H groups in total. The highest BCUT2D eigenvalue weighted by molar-refractivity contribution is 7.99. The monoisotopic (exact) mass is 434 g/mol. The summed E-state index contributed by atoms with van der Waals surface area (Å²) in [6.45, 7) is 7.52. The Bertz CT molecular complexity index is 849. The molecule has 1 unspecified atom stereocenters. The molecule has 2 rings (SSSR count). The summed E-state index contributed by atoms with van der Waals surface area (Å²) in [7, 11) is 0. The van der Waals surface area contributed by atoms with Gasteiger partial charge in [0.2, 0.25) is 11.8 Å².